The van der Waals surface area contributed by atoms with Gasteiger partial charge >= 0.3 is 126 Å². The van der Waals surface area contributed by atoms with Crippen LogP contribution in [0, 0.1) is 19.6 Å². The Morgan fingerprint density at radius 3 is 1.28 bits per heavy atom. The van der Waals surface area contributed by atoms with E-state index in [9.17, 15) is 8.78 Å². The molecule has 0 saturated heterocycles. The molecule has 0 aliphatic rings. The van der Waals surface area contributed by atoms with Crippen molar-refractivity contribution >= 4 is 49.1 Å². The number of hydrogen-bond donors (Lipinski definition) is 0. The van der Waals surface area contributed by atoms with Crippen LogP contribution in [0.4, 0.5) is 8.78 Å². The van der Waals surface area contributed by atoms with Crippen molar-refractivity contribution in [3.05, 3.63) is 60.2 Å². The summed E-state index contributed by atoms with van der Waals surface area (Å²) in [5, 5.41) is 0. The van der Waals surface area contributed by atoms with Crippen LogP contribution in [-0.2, 0) is 0 Å². The molecule has 0 heterocycles. The van der Waals surface area contributed by atoms with Gasteiger partial charge in [0.15, 0.2) is 0 Å². The summed E-state index contributed by atoms with van der Waals surface area (Å²) in [5.41, 5.74) is 0. The molecule has 0 saturated carbocycles. The molecule has 18 heavy (non-hydrogen) atoms. The zero-order valence-corrected chi connectivity index (χ0v) is 13.9. The van der Waals surface area contributed by atoms with Crippen LogP contribution in [0.5, 0.6) is 0 Å². The van der Waals surface area contributed by atoms with Gasteiger partial charge in [-0.25, -0.2) is 0 Å². The summed E-state index contributed by atoms with van der Waals surface area (Å²) in [6.07, 6.45) is 0. The van der Waals surface area contributed by atoms with E-state index in [2.05, 4.69) is 7.94 Å². The first-order valence-corrected chi connectivity index (χ1v) is 9.75. The number of rotatable bonds is 2. The summed E-state index contributed by atoms with van der Waals surface area (Å²) in [6.45, 7) is 0. The molecule has 2 aromatic rings. The molecular formula is C14H8F2Te2. The summed E-state index contributed by atoms with van der Waals surface area (Å²) < 4.78 is 34.1. The van der Waals surface area contributed by atoms with Crippen LogP contribution in [0.2, 0.25) is 0 Å². The van der Waals surface area contributed by atoms with Crippen molar-refractivity contribution < 1.29 is 8.78 Å². The van der Waals surface area contributed by atoms with Crippen LogP contribution >= 0.6 is 0 Å². The van der Waals surface area contributed by atoms with E-state index < -0.39 is 41.8 Å². The fraction of sp³-hybridized carbons (Fsp3) is 0. The second kappa shape index (κ2) is 7.13. The molecule has 0 nitrogen and oxygen atoms in total. The normalized spacial score (nSPS) is 9.67. The summed E-state index contributed by atoms with van der Waals surface area (Å²) >= 11 is -1.08. The van der Waals surface area contributed by atoms with Gasteiger partial charge in [-0.3, -0.25) is 0 Å². The van der Waals surface area contributed by atoms with E-state index in [4.69, 9.17) is 0 Å². The van der Waals surface area contributed by atoms with Gasteiger partial charge in [0.25, 0.3) is 0 Å². The van der Waals surface area contributed by atoms with E-state index in [0.717, 1.165) is 7.22 Å². The molecule has 0 aliphatic heterocycles. The second-order valence-electron chi connectivity index (χ2n) is 3.32. The number of benzene rings is 2. The van der Waals surface area contributed by atoms with Gasteiger partial charge in [-0.05, 0) is 0 Å². The van der Waals surface area contributed by atoms with Crippen molar-refractivity contribution in [3.63, 3.8) is 0 Å². The molecule has 0 unspecified atom stereocenters. The molecule has 0 fully saturated rings. The molecule has 0 atom stereocenters. The Labute approximate surface area is 125 Å². The van der Waals surface area contributed by atoms with Gasteiger partial charge in [0.05, 0.1) is 0 Å². The molecular weight excluding hydrogens is 461 g/mol. The van der Waals surface area contributed by atoms with Crippen molar-refractivity contribution in [2.45, 2.75) is 0 Å². The molecule has 90 valence electrons. The fourth-order valence-corrected chi connectivity index (χ4v) is 5.22. The van der Waals surface area contributed by atoms with Crippen LogP contribution in [0.25, 0.3) is 0 Å². The van der Waals surface area contributed by atoms with Gasteiger partial charge < -0.3 is 0 Å². The molecule has 0 radical (unpaired) electrons. The van der Waals surface area contributed by atoms with Crippen molar-refractivity contribution in [3.8, 4) is 7.94 Å². The molecule has 0 N–H and O–H groups in total. The van der Waals surface area contributed by atoms with Crippen LogP contribution in [0.15, 0.2) is 48.5 Å². The average molecular weight is 469 g/mol. The Kier molecular flexibility index (Phi) is 5.49. The van der Waals surface area contributed by atoms with Gasteiger partial charge in [0, 0.05) is 0 Å². The predicted molar refractivity (Wildman–Crippen MR) is 71.4 cm³/mol. The molecule has 0 spiro atoms. The van der Waals surface area contributed by atoms with Crippen LogP contribution < -0.4 is 7.22 Å². The molecule has 2 rings (SSSR count). The fourth-order valence-electron chi connectivity index (χ4n) is 1.16. The zero-order chi connectivity index (χ0) is 12.8. The van der Waals surface area contributed by atoms with Crippen molar-refractivity contribution in [1.82, 2.24) is 0 Å². The SMILES string of the molecule is Fc1ccc([Te]C#C[Te]c2ccc(F)cc2)cc1. The first kappa shape index (κ1) is 13.9. The Hall–Kier alpha value is -0.561. The third-order valence-corrected chi connectivity index (χ3v) is 7.32. The van der Waals surface area contributed by atoms with Crippen molar-refractivity contribution in [1.29, 1.82) is 0 Å². The van der Waals surface area contributed by atoms with Crippen LogP contribution in [0.3, 0.4) is 0 Å². The summed E-state index contributed by atoms with van der Waals surface area (Å²) in [4.78, 5) is 0. The number of halogens is 2. The topological polar surface area (TPSA) is 0 Å². The van der Waals surface area contributed by atoms with E-state index in [-0.39, 0.29) is 11.6 Å². The van der Waals surface area contributed by atoms with Crippen LogP contribution in [0.1, 0.15) is 0 Å². The van der Waals surface area contributed by atoms with Gasteiger partial charge in [-0.15, -0.1) is 0 Å². The summed E-state index contributed by atoms with van der Waals surface area (Å²) in [7, 11) is 0. The molecule has 0 aromatic heterocycles. The molecule has 4 heteroatoms. The van der Waals surface area contributed by atoms with Gasteiger partial charge in [-0.2, -0.15) is 0 Å². The standard InChI is InChI=1S/C14H8F2Te2/c15-11-1-5-13(6-2-11)17-9-10-18-14-7-3-12(16)4-8-14/h1-8H. The number of hydrogen-bond acceptors (Lipinski definition) is 0. The Morgan fingerprint density at radius 1 is 0.611 bits per heavy atom. The third kappa shape index (κ3) is 4.60. The molecule has 2 aromatic carbocycles. The molecule has 0 bridgehead atoms. The zero-order valence-electron chi connectivity index (χ0n) is 9.19. The first-order chi connectivity index (χ1) is 8.74. The van der Waals surface area contributed by atoms with E-state index >= 15 is 0 Å². The maximum atomic E-state index is 12.7. The maximum absolute atomic E-state index is 12.7. The molecule has 0 aliphatic carbocycles. The van der Waals surface area contributed by atoms with Gasteiger partial charge in [0.1, 0.15) is 0 Å². The minimum absolute atomic E-state index is 0.209. The quantitative estimate of drug-likeness (QED) is 0.459. The minimum atomic E-state index is -0.540. The Balaban J connectivity index is 1.89. The first-order valence-electron chi connectivity index (χ1n) is 5.09. The summed E-state index contributed by atoms with van der Waals surface area (Å²) in [6, 6.07) is 13.1. The van der Waals surface area contributed by atoms with E-state index in [1.807, 2.05) is 0 Å². The van der Waals surface area contributed by atoms with E-state index in [1.165, 1.54) is 24.3 Å². The molecule has 0 amide bonds. The van der Waals surface area contributed by atoms with Crippen LogP contribution in [-0.4, -0.2) is 41.8 Å². The van der Waals surface area contributed by atoms with E-state index in [1.54, 1.807) is 24.3 Å². The average Bonchev–Trinajstić information content (AvgIpc) is 2.39. The monoisotopic (exact) mass is 474 g/mol. The third-order valence-electron chi connectivity index (χ3n) is 2.01. The Morgan fingerprint density at radius 2 is 0.944 bits per heavy atom. The van der Waals surface area contributed by atoms with Gasteiger partial charge in [0.2, 0.25) is 0 Å². The second-order valence-corrected chi connectivity index (χ2v) is 8.34. The Bertz CT molecular complexity index is 514. The predicted octanol–water partition coefficient (Wildman–Crippen LogP) is 1.24. The van der Waals surface area contributed by atoms with Gasteiger partial charge in [-0.1, -0.05) is 0 Å². The van der Waals surface area contributed by atoms with E-state index in [0.29, 0.717) is 0 Å². The summed E-state index contributed by atoms with van der Waals surface area (Å²) in [5.74, 6) is -0.418. The van der Waals surface area contributed by atoms with Crippen molar-refractivity contribution in [2.24, 2.45) is 0 Å². The van der Waals surface area contributed by atoms with Crippen molar-refractivity contribution in [2.75, 3.05) is 0 Å².